The van der Waals surface area contributed by atoms with Gasteiger partial charge in [-0.25, -0.2) is 0 Å². The molecule has 33 heavy (non-hydrogen) atoms. The third kappa shape index (κ3) is 6.20. The number of hydrogen-bond donors (Lipinski definition) is 1. The Morgan fingerprint density at radius 1 is 0.879 bits per heavy atom. The lowest BCUT2D eigenvalue weighted by Gasteiger charge is -2.24. The number of ether oxygens (including phenoxy) is 2. The van der Waals surface area contributed by atoms with Gasteiger partial charge in [-0.1, -0.05) is 30.3 Å². The van der Waals surface area contributed by atoms with Crippen LogP contribution < -0.4 is 14.8 Å². The second-order valence-corrected chi connectivity index (χ2v) is 8.49. The van der Waals surface area contributed by atoms with Crippen LogP contribution in [0.15, 0.2) is 48.5 Å². The lowest BCUT2D eigenvalue weighted by molar-refractivity contribution is -0.121. The van der Waals surface area contributed by atoms with Crippen LogP contribution in [0.2, 0.25) is 0 Å². The van der Waals surface area contributed by atoms with E-state index in [9.17, 15) is 14.4 Å². The fraction of sp³-hybridized carbons (Fsp3) is 0.423. The molecule has 2 heterocycles. The molecule has 1 fully saturated rings. The van der Waals surface area contributed by atoms with Crippen molar-refractivity contribution in [2.24, 2.45) is 0 Å². The first kappa shape index (κ1) is 23.0. The van der Waals surface area contributed by atoms with Gasteiger partial charge in [-0.05, 0) is 50.6 Å². The fourth-order valence-corrected chi connectivity index (χ4v) is 4.26. The molecule has 1 atom stereocenters. The van der Waals surface area contributed by atoms with Crippen molar-refractivity contribution in [3.63, 3.8) is 0 Å². The zero-order valence-electron chi connectivity index (χ0n) is 18.8. The molecule has 0 aliphatic carbocycles. The van der Waals surface area contributed by atoms with Crippen LogP contribution in [0.25, 0.3) is 0 Å². The number of carbonyl (C=O) groups is 3. The smallest absolute Gasteiger partial charge is 0.220 e. The van der Waals surface area contributed by atoms with Crippen molar-refractivity contribution < 1.29 is 23.9 Å². The number of benzene rings is 2. The molecule has 0 radical (unpaired) electrons. The number of Topliss-reactive ketones (excluding diaryl/α,β-unsaturated/α-hetero) is 2. The normalized spacial score (nSPS) is 16.2. The van der Waals surface area contributed by atoms with Crippen LogP contribution in [0.1, 0.15) is 52.8 Å². The molecule has 174 valence electrons. The van der Waals surface area contributed by atoms with Crippen molar-refractivity contribution >= 4 is 17.5 Å². The zero-order valence-corrected chi connectivity index (χ0v) is 18.8. The maximum absolute atomic E-state index is 13.3. The molecular formula is C26H30N2O5. The molecule has 2 aromatic rings. The van der Waals surface area contributed by atoms with Gasteiger partial charge >= 0.3 is 0 Å². The summed E-state index contributed by atoms with van der Waals surface area (Å²) in [6.45, 7) is 3.25. The Balaban J connectivity index is 1.37. The van der Waals surface area contributed by atoms with E-state index in [1.807, 2.05) is 18.2 Å². The van der Waals surface area contributed by atoms with E-state index in [0.717, 1.165) is 25.9 Å². The van der Waals surface area contributed by atoms with Gasteiger partial charge in [0, 0.05) is 30.5 Å². The number of hydrogen-bond acceptors (Lipinski definition) is 6. The van der Waals surface area contributed by atoms with E-state index < -0.39 is 6.04 Å². The van der Waals surface area contributed by atoms with Gasteiger partial charge in [0.1, 0.15) is 19.3 Å². The van der Waals surface area contributed by atoms with Gasteiger partial charge in [0.15, 0.2) is 23.1 Å². The molecule has 2 aliphatic rings. The summed E-state index contributed by atoms with van der Waals surface area (Å²) in [5, 5.41) is 2.92. The summed E-state index contributed by atoms with van der Waals surface area (Å²) in [5.41, 5.74) is 1.14. The third-order valence-corrected chi connectivity index (χ3v) is 6.02. The highest BCUT2D eigenvalue weighted by atomic mass is 16.6. The number of nitrogens with zero attached hydrogens (tertiary/aromatic N) is 1. The van der Waals surface area contributed by atoms with E-state index >= 15 is 0 Å². The molecule has 7 heteroatoms. The number of rotatable bonds is 10. The molecule has 1 N–H and O–H groups in total. The summed E-state index contributed by atoms with van der Waals surface area (Å²) in [5.74, 6) is 0.835. The van der Waals surface area contributed by atoms with Crippen molar-refractivity contribution in [3.05, 3.63) is 59.7 Å². The summed E-state index contributed by atoms with van der Waals surface area (Å²) in [6.07, 6.45) is 3.13. The van der Waals surface area contributed by atoms with Crippen LogP contribution >= 0.6 is 0 Å². The Morgan fingerprint density at radius 2 is 1.61 bits per heavy atom. The van der Waals surface area contributed by atoms with Crippen LogP contribution in [0.5, 0.6) is 11.5 Å². The van der Waals surface area contributed by atoms with Gasteiger partial charge in [-0.15, -0.1) is 0 Å². The molecular weight excluding hydrogens is 420 g/mol. The van der Waals surface area contributed by atoms with Gasteiger partial charge < -0.3 is 19.7 Å². The Hall–Kier alpha value is -3.19. The summed E-state index contributed by atoms with van der Waals surface area (Å²) < 4.78 is 11.2. The molecule has 7 nitrogen and oxygen atoms in total. The monoisotopic (exact) mass is 450 g/mol. The highest BCUT2D eigenvalue weighted by molar-refractivity contribution is 6.02. The van der Waals surface area contributed by atoms with Gasteiger partial charge in [-0.2, -0.15) is 0 Å². The number of carbonyl (C=O) groups excluding carboxylic acids is 3. The molecule has 0 saturated carbocycles. The fourth-order valence-electron chi connectivity index (χ4n) is 4.26. The SMILES string of the molecule is O=C(CCCC(=O)c1ccccc1)N[C@H](CN1CCCC1)C(=O)c1ccc2c(c1)OCCO2. The molecule has 2 aliphatic heterocycles. The predicted octanol–water partition coefficient (Wildman–Crippen LogP) is 3.27. The van der Waals surface area contributed by atoms with Gasteiger partial charge in [0.25, 0.3) is 0 Å². The summed E-state index contributed by atoms with van der Waals surface area (Å²) in [4.78, 5) is 40.5. The summed E-state index contributed by atoms with van der Waals surface area (Å²) in [6, 6.07) is 13.6. The molecule has 0 unspecified atom stereocenters. The van der Waals surface area contributed by atoms with Crippen molar-refractivity contribution in [1.82, 2.24) is 10.2 Å². The van der Waals surface area contributed by atoms with E-state index in [0.29, 0.717) is 55.2 Å². The lowest BCUT2D eigenvalue weighted by Crippen LogP contribution is -2.48. The number of amides is 1. The summed E-state index contributed by atoms with van der Waals surface area (Å²) >= 11 is 0. The molecule has 0 bridgehead atoms. The number of likely N-dealkylation sites (tertiary alicyclic amines) is 1. The minimum Gasteiger partial charge on any atom is -0.486 e. The largest absolute Gasteiger partial charge is 0.486 e. The number of ketones is 2. The first-order chi connectivity index (χ1) is 16.1. The first-order valence-electron chi connectivity index (χ1n) is 11.6. The van der Waals surface area contributed by atoms with E-state index in [1.165, 1.54) is 0 Å². The Bertz CT molecular complexity index is 985. The number of nitrogens with one attached hydrogen (secondary N) is 1. The van der Waals surface area contributed by atoms with E-state index in [2.05, 4.69) is 10.2 Å². The van der Waals surface area contributed by atoms with E-state index in [-0.39, 0.29) is 23.9 Å². The maximum Gasteiger partial charge on any atom is 0.220 e. The van der Waals surface area contributed by atoms with Crippen LogP contribution in [0.4, 0.5) is 0 Å². The van der Waals surface area contributed by atoms with Gasteiger partial charge in [0.05, 0.1) is 0 Å². The topological polar surface area (TPSA) is 84.9 Å². The molecule has 0 aromatic heterocycles. The average molecular weight is 451 g/mol. The molecule has 0 spiro atoms. The standard InChI is InChI=1S/C26H30N2O5/c29-22(19-7-2-1-3-8-19)9-6-10-25(30)27-21(18-28-13-4-5-14-28)26(31)20-11-12-23-24(17-20)33-16-15-32-23/h1-3,7-8,11-12,17,21H,4-6,9-10,13-16,18H2,(H,27,30)/t21-/m1/s1. The highest BCUT2D eigenvalue weighted by Crippen LogP contribution is 2.31. The maximum atomic E-state index is 13.3. The summed E-state index contributed by atoms with van der Waals surface area (Å²) in [7, 11) is 0. The van der Waals surface area contributed by atoms with Crippen LogP contribution in [0.3, 0.4) is 0 Å². The Labute approximate surface area is 194 Å². The molecule has 1 amide bonds. The molecule has 4 rings (SSSR count). The lowest BCUT2D eigenvalue weighted by atomic mass is 10.0. The predicted molar refractivity (Wildman–Crippen MR) is 124 cm³/mol. The van der Waals surface area contributed by atoms with Crippen LogP contribution in [-0.2, 0) is 4.79 Å². The van der Waals surface area contributed by atoms with Crippen LogP contribution in [0, 0.1) is 0 Å². The van der Waals surface area contributed by atoms with Crippen molar-refractivity contribution in [2.75, 3.05) is 32.8 Å². The quantitative estimate of drug-likeness (QED) is 0.560. The molecule has 2 aromatic carbocycles. The van der Waals surface area contributed by atoms with Crippen LogP contribution in [-0.4, -0.2) is 61.3 Å². The average Bonchev–Trinajstić information content (AvgIpc) is 3.36. The van der Waals surface area contributed by atoms with Crippen molar-refractivity contribution in [1.29, 1.82) is 0 Å². The number of fused-ring (bicyclic) bond motifs is 1. The Morgan fingerprint density at radius 3 is 2.36 bits per heavy atom. The van der Waals surface area contributed by atoms with Gasteiger partial charge in [0.2, 0.25) is 5.91 Å². The van der Waals surface area contributed by atoms with E-state index in [1.54, 1.807) is 30.3 Å². The highest BCUT2D eigenvalue weighted by Gasteiger charge is 2.27. The van der Waals surface area contributed by atoms with Gasteiger partial charge in [-0.3, -0.25) is 14.4 Å². The zero-order chi connectivity index (χ0) is 23.0. The molecule has 1 saturated heterocycles. The second kappa shape index (κ2) is 11.1. The van der Waals surface area contributed by atoms with Crippen molar-refractivity contribution in [3.8, 4) is 11.5 Å². The Kier molecular flexibility index (Phi) is 7.73. The first-order valence-corrected chi connectivity index (χ1v) is 11.6. The minimum absolute atomic E-state index is 0.0179. The third-order valence-electron chi connectivity index (χ3n) is 6.02. The minimum atomic E-state index is -0.650. The van der Waals surface area contributed by atoms with Crippen molar-refractivity contribution in [2.45, 2.75) is 38.1 Å². The second-order valence-electron chi connectivity index (χ2n) is 8.49. The van der Waals surface area contributed by atoms with E-state index in [4.69, 9.17) is 9.47 Å².